The normalized spacial score (nSPS) is 11.0. The lowest BCUT2D eigenvalue weighted by molar-refractivity contribution is 0.467. The molecule has 4 rings (SSSR count). The Morgan fingerprint density at radius 1 is 1.10 bits per heavy atom. The van der Waals surface area contributed by atoms with Gasteiger partial charge in [-0.05, 0) is 24.3 Å². The number of nitrogens with one attached hydrogen (secondary N) is 2. The molecule has 21 heavy (non-hydrogen) atoms. The van der Waals surface area contributed by atoms with Gasteiger partial charge in [0.05, 0.1) is 17.2 Å². The number of nitrogens with zero attached hydrogens (tertiary/aromatic N) is 3. The number of aromatic amines is 2. The first kappa shape index (κ1) is 11.6. The smallest absolute Gasteiger partial charge is 0.248 e. The molecule has 0 bridgehead atoms. The van der Waals surface area contributed by atoms with Crippen LogP contribution in [0, 0.1) is 0 Å². The van der Waals surface area contributed by atoms with Gasteiger partial charge in [-0.3, -0.25) is 9.89 Å². The third kappa shape index (κ3) is 2.00. The number of aromatic nitrogens is 5. The van der Waals surface area contributed by atoms with Gasteiger partial charge in [0.15, 0.2) is 0 Å². The van der Waals surface area contributed by atoms with Gasteiger partial charge in [0.25, 0.3) is 0 Å². The van der Waals surface area contributed by atoms with E-state index in [4.69, 9.17) is 4.74 Å². The van der Waals surface area contributed by atoms with Crippen LogP contribution in [0.4, 0.5) is 0 Å². The maximum absolute atomic E-state index is 11.4. The molecule has 7 nitrogen and oxygen atoms in total. The summed E-state index contributed by atoms with van der Waals surface area (Å²) in [6, 6.07) is 8.55. The maximum atomic E-state index is 11.4. The average molecular weight is 279 g/mol. The predicted octanol–water partition coefficient (Wildman–Crippen LogP) is 1.99. The molecule has 2 N–H and O–H groups in total. The van der Waals surface area contributed by atoms with Gasteiger partial charge in [-0.2, -0.15) is 10.1 Å². The van der Waals surface area contributed by atoms with Crippen LogP contribution >= 0.6 is 0 Å². The van der Waals surface area contributed by atoms with Gasteiger partial charge in [0.2, 0.25) is 11.4 Å². The zero-order chi connectivity index (χ0) is 14.2. The summed E-state index contributed by atoms with van der Waals surface area (Å²) in [4.78, 5) is 22.3. The topological polar surface area (TPSA) is 96.6 Å². The summed E-state index contributed by atoms with van der Waals surface area (Å²) in [5.74, 6) is 0.911. The molecule has 0 amide bonds. The van der Waals surface area contributed by atoms with E-state index in [-0.39, 0.29) is 5.56 Å². The number of ether oxygens (including phenoxy) is 1. The van der Waals surface area contributed by atoms with Crippen molar-refractivity contribution in [2.45, 2.75) is 0 Å². The molecule has 3 heterocycles. The summed E-state index contributed by atoms with van der Waals surface area (Å²) in [5, 5.41) is 7.76. The van der Waals surface area contributed by atoms with Gasteiger partial charge >= 0.3 is 0 Å². The fraction of sp³-hybridized carbons (Fsp3) is 0. The molecule has 4 aromatic rings. The molecule has 1 aromatic carbocycles. The van der Waals surface area contributed by atoms with Gasteiger partial charge in [-0.25, -0.2) is 4.98 Å². The highest BCUT2D eigenvalue weighted by atomic mass is 16.5. The van der Waals surface area contributed by atoms with E-state index in [0.717, 1.165) is 10.9 Å². The first-order valence-corrected chi connectivity index (χ1v) is 6.25. The molecule has 0 aliphatic rings. The van der Waals surface area contributed by atoms with Crippen molar-refractivity contribution in [2.75, 3.05) is 0 Å². The molecular formula is C14H9N5O2. The molecule has 0 unspecified atom stereocenters. The summed E-state index contributed by atoms with van der Waals surface area (Å²) in [6.45, 7) is 0. The quantitative estimate of drug-likeness (QED) is 0.585. The lowest BCUT2D eigenvalue weighted by Gasteiger charge is -2.06. The number of hydrogen-bond donors (Lipinski definition) is 2. The first-order chi connectivity index (χ1) is 10.3. The molecule has 0 radical (unpaired) electrons. The van der Waals surface area contributed by atoms with E-state index < -0.39 is 0 Å². The van der Waals surface area contributed by atoms with Crippen LogP contribution < -0.4 is 10.3 Å². The van der Waals surface area contributed by atoms with Gasteiger partial charge in [-0.15, -0.1) is 0 Å². The lowest BCUT2D eigenvalue weighted by Crippen LogP contribution is -2.04. The second kappa shape index (κ2) is 4.41. The molecule has 0 aliphatic carbocycles. The molecule has 102 valence electrons. The standard InChI is InChI=1S/C14H9N5O2/c20-12-4-3-11-13(18-12)14(16-7-15-11)21-9-1-2-10-8(5-9)6-17-19-10/h1-7H,(H,17,19)(H,18,20). The second-order valence-electron chi connectivity index (χ2n) is 4.48. The van der Waals surface area contributed by atoms with Gasteiger partial charge < -0.3 is 9.72 Å². The van der Waals surface area contributed by atoms with Crippen molar-refractivity contribution in [3.05, 3.63) is 53.2 Å². The Bertz CT molecular complexity index is 1000. The van der Waals surface area contributed by atoms with Crippen molar-refractivity contribution >= 4 is 21.9 Å². The van der Waals surface area contributed by atoms with Crippen molar-refractivity contribution in [1.82, 2.24) is 25.1 Å². The Kier molecular flexibility index (Phi) is 2.43. The van der Waals surface area contributed by atoms with Gasteiger partial charge in [0.1, 0.15) is 17.6 Å². The van der Waals surface area contributed by atoms with Crippen LogP contribution in [0.3, 0.4) is 0 Å². The van der Waals surface area contributed by atoms with Crippen LogP contribution in [-0.2, 0) is 0 Å². The van der Waals surface area contributed by atoms with E-state index >= 15 is 0 Å². The van der Waals surface area contributed by atoms with E-state index in [9.17, 15) is 4.79 Å². The fourth-order valence-corrected chi connectivity index (χ4v) is 2.12. The number of benzene rings is 1. The van der Waals surface area contributed by atoms with Crippen LogP contribution in [0.15, 0.2) is 47.7 Å². The number of rotatable bonds is 2. The Hall–Kier alpha value is -3.22. The Balaban J connectivity index is 1.82. The zero-order valence-electron chi connectivity index (χ0n) is 10.7. The highest BCUT2D eigenvalue weighted by Gasteiger charge is 2.08. The molecule has 7 heteroatoms. The second-order valence-corrected chi connectivity index (χ2v) is 4.48. The van der Waals surface area contributed by atoms with E-state index in [1.54, 1.807) is 18.3 Å². The third-order valence-corrected chi connectivity index (χ3v) is 3.11. The Morgan fingerprint density at radius 3 is 3.00 bits per heavy atom. The molecule has 3 aromatic heterocycles. The Morgan fingerprint density at radius 2 is 2.05 bits per heavy atom. The summed E-state index contributed by atoms with van der Waals surface area (Å²) >= 11 is 0. The molecule has 0 aliphatic heterocycles. The van der Waals surface area contributed by atoms with Crippen LogP contribution in [0.25, 0.3) is 21.9 Å². The number of pyridine rings is 1. The SMILES string of the molecule is O=c1ccc2ncnc(Oc3ccc4[nH]ncc4c3)c2[nH]1. The van der Waals surface area contributed by atoms with Crippen molar-refractivity contribution in [3.63, 3.8) is 0 Å². The van der Waals surface area contributed by atoms with Crippen LogP contribution in [0.2, 0.25) is 0 Å². The number of fused-ring (bicyclic) bond motifs is 2. The number of hydrogen-bond acceptors (Lipinski definition) is 5. The molecular weight excluding hydrogens is 270 g/mol. The molecule has 0 saturated carbocycles. The van der Waals surface area contributed by atoms with E-state index in [1.165, 1.54) is 12.4 Å². The highest BCUT2D eigenvalue weighted by molar-refractivity contribution is 5.81. The van der Waals surface area contributed by atoms with Crippen LogP contribution in [-0.4, -0.2) is 25.1 Å². The molecule has 0 atom stereocenters. The van der Waals surface area contributed by atoms with Crippen molar-refractivity contribution in [3.8, 4) is 11.6 Å². The van der Waals surface area contributed by atoms with Crippen molar-refractivity contribution < 1.29 is 4.74 Å². The predicted molar refractivity (Wildman–Crippen MR) is 76.3 cm³/mol. The lowest BCUT2D eigenvalue weighted by atomic mass is 10.2. The summed E-state index contributed by atoms with van der Waals surface area (Å²) in [7, 11) is 0. The minimum atomic E-state index is -0.229. The fourth-order valence-electron chi connectivity index (χ4n) is 2.12. The Labute approximate surface area is 117 Å². The van der Waals surface area contributed by atoms with Crippen LogP contribution in [0.5, 0.6) is 11.6 Å². The third-order valence-electron chi connectivity index (χ3n) is 3.11. The molecule has 0 saturated heterocycles. The largest absolute Gasteiger partial charge is 0.437 e. The van der Waals surface area contributed by atoms with Gasteiger partial charge in [-0.1, -0.05) is 0 Å². The van der Waals surface area contributed by atoms with E-state index in [1.807, 2.05) is 12.1 Å². The minimum absolute atomic E-state index is 0.229. The average Bonchev–Trinajstić information content (AvgIpc) is 2.95. The highest BCUT2D eigenvalue weighted by Crippen LogP contribution is 2.26. The van der Waals surface area contributed by atoms with Gasteiger partial charge in [0, 0.05) is 11.5 Å². The maximum Gasteiger partial charge on any atom is 0.248 e. The summed E-state index contributed by atoms with van der Waals surface area (Å²) in [6.07, 6.45) is 3.11. The van der Waals surface area contributed by atoms with Crippen molar-refractivity contribution in [2.24, 2.45) is 0 Å². The summed E-state index contributed by atoms with van der Waals surface area (Å²) in [5.41, 5.74) is 1.78. The zero-order valence-corrected chi connectivity index (χ0v) is 10.7. The molecule has 0 fully saturated rings. The molecule has 0 spiro atoms. The number of H-pyrrole nitrogens is 2. The monoisotopic (exact) mass is 279 g/mol. The summed E-state index contributed by atoms with van der Waals surface area (Å²) < 4.78 is 5.76. The van der Waals surface area contributed by atoms with E-state index in [0.29, 0.717) is 22.7 Å². The first-order valence-electron chi connectivity index (χ1n) is 6.25. The van der Waals surface area contributed by atoms with E-state index in [2.05, 4.69) is 25.1 Å². The minimum Gasteiger partial charge on any atom is -0.437 e. The van der Waals surface area contributed by atoms with Crippen LogP contribution in [0.1, 0.15) is 0 Å². The van der Waals surface area contributed by atoms with Crippen molar-refractivity contribution in [1.29, 1.82) is 0 Å².